The standard InChI is InChI=1S/C9H12N2O/c1-3-7-4-5-8(10)9(11-7)6(2)12/h4-5H,3,10H2,1-2H3. The van der Waals surface area contributed by atoms with Crippen LogP contribution >= 0.6 is 0 Å². The van der Waals surface area contributed by atoms with Crippen molar-refractivity contribution in [2.75, 3.05) is 5.73 Å². The van der Waals surface area contributed by atoms with E-state index in [-0.39, 0.29) is 5.78 Å². The van der Waals surface area contributed by atoms with Crippen molar-refractivity contribution in [1.29, 1.82) is 0 Å². The maximum atomic E-state index is 11.0. The molecule has 1 aromatic heterocycles. The maximum absolute atomic E-state index is 11.0. The Morgan fingerprint density at radius 3 is 2.75 bits per heavy atom. The summed E-state index contributed by atoms with van der Waals surface area (Å²) in [6.07, 6.45) is 0.820. The molecule has 0 amide bonds. The van der Waals surface area contributed by atoms with Crippen LogP contribution in [-0.4, -0.2) is 10.8 Å². The van der Waals surface area contributed by atoms with Gasteiger partial charge >= 0.3 is 0 Å². The predicted octanol–water partition coefficient (Wildman–Crippen LogP) is 1.43. The minimum Gasteiger partial charge on any atom is -0.397 e. The van der Waals surface area contributed by atoms with Crippen molar-refractivity contribution in [3.63, 3.8) is 0 Å². The van der Waals surface area contributed by atoms with E-state index >= 15 is 0 Å². The van der Waals surface area contributed by atoms with Crippen molar-refractivity contribution < 1.29 is 4.79 Å². The third-order valence-corrected chi connectivity index (χ3v) is 1.68. The molecule has 0 atom stereocenters. The molecule has 0 aliphatic rings. The van der Waals surface area contributed by atoms with Crippen LogP contribution in [0.4, 0.5) is 5.69 Å². The minimum atomic E-state index is -0.0807. The molecule has 0 saturated carbocycles. The van der Waals surface area contributed by atoms with Crippen LogP contribution in [0.25, 0.3) is 0 Å². The van der Waals surface area contributed by atoms with E-state index in [9.17, 15) is 4.79 Å². The summed E-state index contributed by atoms with van der Waals surface area (Å²) in [6.45, 7) is 3.46. The topological polar surface area (TPSA) is 56.0 Å². The average molecular weight is 164 g/mol. The van der Waals surface area contributed by atoms with E-state index in [4.69, 9.17) is 5.73 Å². The predicted molar refractivity (Wildman–Crippen MR) is 48.0 cm³/mol. The molecular formula is C9H12N2O. The summed E-state index contributed by atoms with van der Waals surface area (Å²) in [5.41, 5.74) is 7.30. The fourth-order valence-electron chi connectivity index (χ4n) is 0.989. The zero-order valence-corrected chi connectivity index (χ0v) is 7.29. The highest BCUT2D eigenvalue weighted by Gasteiger charge is 2.06. The van der Waals surface area contributed by atoms with Crippen LogP contribution in [0.1, 0.15) is 30.0 Å². The molecule has 1 aromatic rings. The molecule has 1 rings (SSSR count). The smallest absolute Gasteiger partial charge is 0.180 e. The maximum Gasteiger partial charge on any atom is 0.180 e. The summed E-state index contributed by atoms with van der Waals surface area (Å²) in [7, 11) is 0. The summed E-state index contributed by atoms with van der Waals surface area (Å²) in [5, 5.41) is 0. The van der Waals surface area contributed by atoms with E-state index in [0.29, 0.717) is 11.4 Å². The minimum absolute atomic E-state index is 0.0807. The van der Waals surface area contributed by atoms with Gasteiger partial charge in [-0.15, -0.1) is 0 Å². The quantitative estimate of drug-likeness (QED) is 0.673. The number of nitrogens with zero attached hydrogens (tertiary/aromatic N) is 1. The number of hydrogen-bond donors (Lipinski definition) is 1. The van der Waals surface area contributed by atoms with E-state index in [1.165, 1.54) is 6.92 Å². The number of pyridine rings is 1. The van der Waals surface area contributed by atoms with Gasteiger partial charge < -0.3 is 5.73 Å². The first-order valence-corrected chi connectivity index (χ1v) is 3.91. The van der Waals surface area contributed by atoms with Gasteiger partial charge in [-0.05, 0) is 18.6 Å². The molecule has 0 bridgehead atoms. The van der Waals surface area contributed by atoms with E-state index in [0.717, 1.165) is 12.1 Å². The molecule has 64 valence electrons. The van der Waals surface area contributed by atoms with Gasteiger partial charge in [0.2, 0.25) is 0 Å². The number of rotatable bonds is 2. The van der Waals surface area contributed by atoms with Crippen LogP contribution in [0.5, 0.6) is 0 Å². The highest BCUT2D eigenvalue weighted by molar-refractivity contribution is 5.96. The summed E-state index contributed by atoms with van der Waals surface area (Å²) in [4.78, 5) is 15.1. The molecule has 12 heavy (non-hydrogen) atoms. The molecule has 3 nitrogen and oxygen atoms in total. The summed E-state index contributed by atoms with van der Waals surface area (Å²) >= 11 is 0. The highest BCUT2D eigenvalue weighted by atomic mass is 16.1. The number of hydrogen-bond acceptors (Lipinski definition) is 3. The zero-order chi connectivity index (χ0) is 9.14. The number of nitrogen functional groups attached to an aromatic ring is 1. The van der Waals surface area contributed by atoms with Crippen molar-refractivity contribution in [2.24, 2.45) is 0 Å². The van der Waals surface area contributed by atoms with Crippen LogP contribution < -0.4 is 5.73 Å². The number of anilines is 1. The van der Waals surface area contributed by atoms with E-state index in [1.54, 1.807) is 6.07 Å². The molecule has 0 spiro atoms. The SMILES string of the molecule is CCc1ccc(N)c(C(C)=O)n1. The molecule has 2 N–H and O–H groups in total. The average Bonchev–Trinajstić information content (AvgIpc) is 2.05. The van der Waals surface area contributed by atoms with Crippen LogP contribution in [0, 0.1) is 0 Å². The number of carbonyl (C=O) groups is 1. The van der Waals surface area contributed by atoms with Gasteiger partial charge in [-0.3, -0.25) is 4.79 Å². The zero-order valence-electron chi connectivity index (χ0n) is 7.29. The van der Waals surface area contributed by atoms with Gasteiger partial charge in [-0.1, -0.05) is 6.92 Å². The first-order chi connectivity index (χ1) is 5.65. The Bertz CT molecular complexity index is 307. The lowest BCUT2D eigenvalue weighted by atomic mass is 10.2. The lowest BCUT2D eigenvalue weighted by Gasteiger charge is -2.02. The summed E-state index contributed by atoms with van der Waals surface area (Å²) in [6, 6.07) is 3.56. The summed E-state index contributed by atoms with van der Waals surface area (Å²) in [5.74, 6) is -0.0807. The number of aryl methyl sites for hydroxylation is 1. The van der Waals surface area contributed by atoms with Gasteiger partial charge in [0.25, 0.3) is 0 Å². The molecular weight excluding hydrogens is 152 g/mol. The molecule has 0 radical (unpaired) electrons. The van der Waals surface area contributed by atoms with Crippen LogP contribution in [-0.2, 0) is 6.42 Å². The van der Waals surface area contributed by atoms with E-state index in [2.05, 4.69) is 4.98 Å². The van der Waals surface area contributed by atoms with Crippen molar-refractivity contribution in [2.45, 2.75) is 20.3 Å². The molecule has 3 heteroatoms. The van der Waals surface area contributed by atoms with Crippen LogP contribution in [0.3, 0.4) is 0 Å². The van der Waals surface area contributed by atoms with Crippen molar-refractivity contribution >= 4 is 11.5 Å². The molecule has 1 heterocycles. The first kappa shape index (κ1) is 8.71. The van der Waals surface area contributed by atoms with Gasteiger partial charge in [-0.2, -0.15) is 0 Å². The van der Waals surface area contributed by atoms with Gasteiger partial charge in [-0.25, -0.2) is 4.98 Å². The Hall–Kier alpha value is -1.38. The number of aromatic nitrogens is 1. The van der Waals surface area contributed by atoms with Crippen molar-refractivity contribution in [1.82, 2.24) is 4.98 Å². The van der Waals surface area contributed by atoms with Gasteiger partial charge in [0.05, 0.1) is 5.69 Å². The second-order valence-corrected chi connectivity index (χ2v) is 2.65. The van der Waals surface area contributed by atoms with Gasteiger partial charge in [0.15, 0.2) is 5.78 Å². The molecule has 0 unspecified atom stereocenters. The normalized spacial score (nSPS) is 9.83. The van der Waals surface area contributed by atoms with Crippen molar-refractivity contribution in [3.05, 3.63) is 23.5 Å². The molecule has 0 fully saturated rings. The third kappa shape index (κ3) is 1.61. The summed E-state index contributed by atoms with van der Waals surface area (Å²) < 4.78 is 0. The van der Waals surface area contributed by atoms with E-state index < -0.39 is 0 Å². The molecule has 0 saturated heterocycles. The Kier molecular flexibility index (Phi) is 2.43. The highest BCUT2D eigenvalue weighted by Crippen LogP contribution is 2.10. The Labute approximate surface area is 71.6 Å². The number of ketones is 1. The van der Waals surface area contributed by atoms with Crippen LogP contribution in [0.15, 0.2) is 12.1 Å². The number of nitrogens with two attached hydrogens (primary N) is 1. The number of carbonyl (C=O) groups excluding carboxylic acids is 1. The van der Waals surface area contributed by atoms with Crippen molar-refractivity contribution in [3.8, 4) is 0 Å². The third-order valence-electron chi connectivity index (χ3n) is 1.68. The second-order valence-electron chi connectivity index (χ2n) is 2.65. The second kappa shape index (κ2) is 3.34. The lowest BCUT2D eigenvalue weighted by molar-refractivity contribution is 0.101. The monoisotopic (exact) mass is 164 g/mol. The lowest BCUT2D eigenvalue weighted by Crippen LogP contribution is -2.04. The van der Waals surface area contributed by atoms with E-state index in [1.807, 2.05) is 13.0 Å². The Morgan fingerprint density at radius 1 is 1.58 bits per heavy atom. The first-order valence-electron chi connectivity index (χ1n) is 3.91. The number of Topliss-reactive ketones (excluding diaryl/α,β-unsaturated/α-hetero) is 1. The van der Waals surface area contributed by atoms with Crippen LogP contribution in [0.2, 0.25) is 0 Å². The van der Waals surface area contributed by atoms with Gasteiger partial charge in [0.1, 0.15) is 5.69 Å². The Balaban J connectivity index is 3.17. The fraction of sp³-hybridized carbons (Fsp3) is 0.333. The largest absolute Gasteiger partial charge is 0.397 e. The van der Waals surface area contributed by atoms with Gasteiger partial charge in [0, 0.05) is 12.6 Å². The fourth-order valence-corrected chi connectivity index (χ4v) is 0.989. The molecule has 0 aromatic carbocycles. The Morgan fingerprint density at radius 2 is 2.25 bits per heavy atom. The molecule has 0 aliphatic carbocycles. The molecule has 0 aliphatic heterocycles.